The van der Waals surface area contributed by atoms with Crippen molar-refractivity contribution in [3.63, 3.8) is 0 Å². The van der Waals surface area contributed by atoms with Gasteiger partial charge in [0.05, 0.1) is 27.2 Å². The number of thioether (sulfide) groups is 1. The molecular weight excluding hydrogens is 440 g/mol. The molecule has 0 bridgehead atoms. The topological polar surface area (TPSA) is 76.4 Å². The van der Waals surface area contributed by atoms with Crippen LogP contribution in [0.2, 0.25) is 0 Å². The number of hydrogen-bond acceptors (Lipinski definition) is 6. The van der Waals surface area contributed by atoms with E-state index in [0.717, 1.165) is 48.9 Å². The molecule has 5 aromatic rings. The Bertz CT molecular complexity index is 1470. The number of aromatic nitrogens is 3. The molecule has 5 rings (SSSR count). The van der Waals surface area contributed by atoms with Crippen LogP contribution >= 0.6 is 23.1 Å². The van der Waals surface area contributed by atoms with Gasteiger partial charge in [0, 0.05) is 23.7 Å². The number of carbonyl (C=O) groups excluding carboxylic acids is 2. The summed E-state index contributed by atoms with van der Waals surface area (Å²) in [5, 5.41) is 4.52. The molecule has 3 heterocycles. The predicted octanol–water partition coefficient (Wildman–Crippen LogP) is 4.75. The first-order chi connectivity index (χ1) is 15.6. The summed E-state index contributed by atoms with van der Waals surface area (Å²) in [6.45, 7) is 2.08. The van der Waals surface area contributed by atoms with Crippen LogP contribution in [0, 0.1) is 0 Å². The molecule has 0 aliphatic rings. The number of carbonyl (C=O) groups is 2. The number of Topliss-reactive ketones (excluding diaryl/α,β-unsaturated/α-hetero) is 1. The monoisotopic (exact) mass is 460 g/mol. The number of amides is 1. The Morgan fingerprint density at radius 3 is 2.62 bits per heavy atom. The predicted molar refractivity (Wildman–Crippen MR) is 130 cm³/mol. The van der Waals surface area contributed by atoms with Gasteiger partial charge in [-0.2, -0.15) is 0 Å². The summed E-state index contributed by atoms with van der Waals surface area (Å²) in [4.78, 5) is 35.4. The van der Waals surface area contributed by atoms with Crippen molar-refractivity contribution in [2.24, 2.45) is 0 Å². The Balaban J connectivity index is 1.42. The molecule has 0 aliphatic heterocycles. The highest BCUT2D eigenvalue weighted by Crippen LogP contribution is 2.29. The Morgan fingerprint density at radius 2 is 1.78 bits per heavy atom. The largest absolute Gasteiger partial charge is 0.356 e. The minimum Gasteiger partial charge on any atom is -0.356 e. The lowest BCUT2D eigenvalue weighted by Crippen LogP contribution is -2.22. The smallest absolute Gasteiger partial charge is 0.216 e. The SMILES string of the molecule is CC(=O)NCCc1ccc(C(=O)CSc2nc3ccccc3c3nc4ccccc4n23)s1. The standard InChI is InChI=1S/C24H20N4O2S2/c1-15(29)25-13-12-16-10-11-22(32-16)21(30)14-31-24-27-18-7-3-2-6-17(18)23-26-19-8-4-5-9-20(19)28(23)24/h2-11H,12-14H2,1H3,(H,25,29). The van der Waals surface area contributed by atoms with Gasteiger partial charge in [-0.3, -0.25) is 14.0 Å². The van der Waals surface area contributed by atoms with E-state index in [2.05, 4.69) is 5.32 Å². The maximum atomic E-state index is 12.9. The van der Waals surface area contributed by atoms with Crippen molar-refractivity contribution in [2.75, 3.05) is 12.3 Å². The van der Waals surface area contributed by atoms with Gasteiger partial charge in [0.25, 0.3) is 0 Å². The zero-order valence-electron chi connectivity index (χ0n) is 17.4. The molecule has 0 unspecified atom stereocenters. The summed E-state index contributed by atoms with van der Waals surface area (Å²) in [5.74, 6) is 0.312. The number of benzene rings is 2. The average molecular weight is 461 g/mol. The first kappa shape index (κ1) is 20.7. The minimum atomic E-state index is -0.0459. The van der Waals surface area contributed by atoms with E-state index >= 15 is 0 Å². The maximum Gasteiger partial charge on any atom is 0.216 e. The fourth-order valence-corrected chi connectivity index (χ4v) is 5.56. The van der Waals surface area contributed by atoms with E-state index < -0.39 is 0 Å². The fourth-order valence-electron chi connectivity index (χ4n) is 3.64. The summed E-state index contributed by atoms with van der Waals surface area (Å²) >= 11 is 2.91. The van der Waals surface area contributed by atoms with Crippen molar-refractivity contribution in [1.82, 2.24) is 19.7 Å². The molecule has 0 aliphatic carbocycles. The highest BCUT2D eigenvalue weighted by Gasteiger charge is 2.16. The summed E-state index contributed by atoms with van der Waals surface area (Å²) in [5.41, 5.74) is 3.60. The van der Waals surface area contributed by atoms with Gasteiger partial charge in [0.15, 0.2) is 10.9 Å². The average Bonchev–Trinajstić information content (AvgIpc) is 3.42. The van der Waals surface area contributed by atoms with E-state index in [-0.39, 0.29) is 11.7 Å². The molecule has 1 amide bonds. The number of para-hydroxylation sites is 3. The number of hydrogen-bond donors (Lipinski definition) is 1. The second-order valence-corrected chi connectivity index (χ2v) is 9.49. The van der Waals surface area contributed by atoms with E-state index in [1.54, 1.807) is 0 Å². The van der Waals surface area contributed by atoms with Crippen LogP contribution in [-0.4, -0.2) is 38.4 Å². The maximum absolute atomic E-state index is 12.9. The Kier molecular flexibility index (Phi) is 5.63. The summed E-state index contributed by atoms with van der Waals surface area (Å²) in [6, 6.07) is 19.7. The third kappa shape index (κ3) is 3.99. The molecule has 8 heteroatoms. The van der Waals surface area contributed by atoms with Gasteiger partial charge in [-0.05, 0) is 42.8 Å². The van der Waals surface area contributed by atoms with Gasteiger partial charge in [0.1, 0.15) is 5.65 Å². The van der Waals surface area contributed by atoms with Crippen LogP contribution in [0.25, 0.3) is 27.6 Å². The van der Waals surface area contributed by atoms with E-state index in [4.69, 9.17) is 9.97 Å². The zero-order chi connectivity index (χ0) is 22.1. The Labute approximate surface area is 192 Å². The lowest BCUT2D eigenvalue weighted by Gasteiger charge is -2.08. The fraction of sp³-hybridized carbons (Fsp3) is 0.167. The number of thiophene rings is 1. The van der Waals surface area contributed by atoms with Crippen molar-refractivity contribution >= 4 is 62.4 Å². The van der Waals surface area contributed by atoms with Gasteiger partial charge in [-0.1, -0.05) is 36.0 Å². The van der Waals surface area contributed by atoms with E-state index in [9.17, 15) is 9.59 Å². The van der Waals surface area contributed by atoms with E-state index in [1.807, 2.05) is 65.1 Å². The molecule has 2 aromatic carbocycles. The number of nitrogens with zero attached hydrogens (tertiary/aromatic N) is 3. The van der Waals surface area contributed by atoms with Gasteiger partial charge in [-0.15, -0.1) is 11.3 Å². The molecule has 0 radical (unpaired) electrons. The molecule has 0 atom stereocenters. The molecule has 0 saturated heterocycles. The van der Waals surface area contributed by atoms with Crippen LogP contribution in [-0.2, 0) is 11.2 Å². The molecule has 3 aromatic heterocycles. The summed E-state index contributed by atoms with van der Waals surface area (Å²) < 4.78 is 2.04. The first-order valence-electron chi connectivity index (χ1n) is 10.3. The van der Waals surface area contributed by atoms with Crippen LogP contribution in [0.1, 0.15) is 21.5 Å². The van der Waals surface area contributed by atoms with Crippen LogP contribution < -0.4 is 5.32 Å². The third-order valence-corrected chi connectivity index (χ3v) is 7.25. The van der Waals surface area contributed by atoms with E-state index in [0.29, 0.717) is 12.3 Å². The van der Waals surface area contributed by atoms with Gasteiger partial charge >= 0.3 is 0 Å². The lowest BCUT2D eigenvalue weighted by molar-refractivity contribution is -0.118. The van der Waals surface area contributed by atoms with Crippen LogP contribution in [0.5, 0.6) is 0 Å². The van der Waals surface area contributed by atoms with Crippen molar-refractivity contribution in [1.29, 1.82) is 0 Å². The molecule has 6 nitrogen and oxygen atoms in total. The van der Waals surface area contributed by atoms with Crippen LogP contribution in [0.4, 0.5) is 0 Å². The number of imidazole rings is 1. The number of rotatable bonds is 7. The summed E-state index contributed by atoms with van der Waals surface area (Å²) in [7, 11) is 0. The number of fused-ring (bicyclic) bond motifs is 5. The van der Waals surface area contributed by atoms with Crippen molar-refractivity contribution < 1.29 is 9.59 Å². The molecule has 1 N–H and O–H groups in total. The lowest BCUT2D eigenvalue weighted by atomic mass is 10.2. The molecule has 160 valence electrons. The summed E-state index contributed by atoms with van der Waals surface area (Å²) in [6.07, 6.45) is 0.721. The molecular formula is C24H20N4O2S2. The third-order valence-electron chi connectivity index (χ3n) is 5.13. The van der Waals surface area contributed by atoms with Crippen LogP contribution in [0.3, 0.4) is 0 Å². The zero-order valence-corrected chi connectivity index (χ0v) is 19.0. The molecule has 0 fully saturated rings. The van der Waals surface area contributed by atoms with Crippen molar-refractivity contribution in [3.05, 3.63) is 70.4 Å². The highest BCUT2D eigenvalue weighted by molar-refractivity contribution is 7.99. The van der Waals surface area contributed by atoms with Gasteiger partial charge in [-0.25, -0.2) is 9.97 Å². The van der Waals surface area contributed by atoms with E-state index in [1.165, 1.54) is 30.0 Å². The first-order valence-corrected chi connectivity index (χ1v) is 12.1. The Hall–Kier alpha value is -3.23. The van der Waals surface area contributed by atoms with Gasteiger partial charge < -0.3 is 5.32 Å². The second kappa shape index (κ2) is 8.72. The minimum absolute atomic E-state index is 0.0459. The normalized spacial score (nSPS) is 11.4. The number of ketones is 1. The molecule has 32 heavy (non-hydrogen) atoms. The Morgan fingerprint density at radius 1 is 1.00 bits per heavy atom. The second-order valence-electron chi connectivity index (χ2n) is 7.38. The van der Waals surface area contributed by atoms with Crippen molar-refractivity contribution in [3.8, 4) is 0 Å². The quantitative estimate of drug-likeness (QED) is 0.215. The molecule has 0 saturated carbocycles. The van der Waals surface area contributed by atoms with Gasteiger partial charge in [0.2, 0.25) is 5.91 Å². The highest BCUT2D eigenvalue weighted by atomic mass is 32.2. The molecule has 0 spiro atoms. The van der Waals surface area contributed by atoms with Crippen LogP contribution in [0.15, 0.2) is 65.8 Å². The number of nitrogens with one attached hydrogen (secondary N) is 1. The van der Waals surface area contributed by atoms with Crippen molar-refractivity contribution in [2.45, 2.75) is 18.5 Å².